The van der Waals surface area contributed by atoms with Crippen LogP contribution in [-0.4, -0.2) is 33.6 Å². The molecule has 1 saturated heterocycles. The van der Waals surface area contributed by atoms with Crippen molar-refractivity contribution in [2.24, 2.45) is 0 Å². The van der Waals surface area contributed by atoms with Crippen LogP contribution >= 0.6 is 27.7 Å². The number of thioether (sulfide) groups is 1. The maximum absolute atomic E-state index is 12.6. The Balaban J connectivity index is 1.67. The van der Waals surface area contributed by atoms with E-state index in [2.05, 4.69) is 35.1 Å². The zero-order chi connectivity index (χ0) is 21.1. The first-order valence-electron chi connectivity index (χ1n) is 8.88. The summed E-state index contributed by atoms with van der Waals surface area (Å²) in [5, 5.41) is 11.8. The summed E-state index contributed by atoms with van der Waals surface area (Å²) in [5.74, 6) is -0.503. The number of rotatable bonds is 5. The van der Waals surface area contributed by atoms with Gasteiger partial charge in [-0.1, -0.05) is 32.0 Å². The van der Waals surface area contributed by atoms with Gasteiger partial charge in [0.2, 0.25) is 5.91 Å². The SMILES string of the molecule is CC(C)c1ccc(NC(=O)CN2C(=O)S/C(=C/c3ccc(O)c(Br)c3)C2=O)cc1. The molecule has 2 N–H and O–H groups in total. The van der Waals surface area contributed by atoms with Crippen LogP contribution in [0.3, 0.4) is 0 Å². The Morgan fingerprint density at radius 2 is 1.90 bits per heavy atom. The number of imide groups is 1. The average Bonchev–Trinajstić information content (AvgIpc) is 2.92. The van der Waals surface area contributed by atoms with E-state index >= 15 is 0 Å². The molecule has 29 heavy (non-hydrogen) atoms. The largest absolute Gasteiger partial charge is 0.507 e. The van der Waals surface area contributed by atoms with E-state index in [0.717, 1.165) is 22.2 Å². The molecule has 6 nitrogen and oxygen atoms in total. The van der Waals surface area contributed by atoms with Crippen LogP contribution in [0.1, 0.15) is 30.9 Å². The fourth-order valence-corrected chi connectivity index (χ4v) is 3.93. The van der Waals surface area contributed by atoms with Crippen molar-refractivity contribution in [1.82, 2.24) is 4.90 Å². The predicted octanol–water partition coefficient (Wildman–Crippen LogP) is 4.95. The molecule has 1 fully saturated rings. The standard InChI is InChI=1S/C21H19BrN2O4S/c1-12(2)14-4-6-15(7-5-14)23-19(26)11-24-20(27)18(29-21(24)28)10-13-3-8-17(25)16(22)9-13/h3-10,12,25H,11H2,1-2H3,(H,23,26)/b18-10+. The fraction of sp³-hybridized carbons (Fsp3) is 0.190. The van der Waals surface area contributed by atoms with E-state index in [1.54, 1.807) is 30.3 Å². The number of phenolic OH excluding ortho intramolecular Hbond substituents is 1. The zero-order valence-corrected chi connectivity index (χ0v) is 18.2. The average molecular weight is 475 g/mol. The van der Waals surface area contributed by atoms with Crippen molar-refractivity contribution in [1.29, 1.82) is 0 Å². The lowest BCUT2D eigenvalue weighted by atomic mass is 10.0. The third-order valence-corrected chi connectivity index (χ3v) is 5.85. The number of amides is 3. The highest BCUT2D eigenvalue weighted by atomic mass is 79.9. The quantitative estimate of drug-likeness (QED) is 0.598. The van der Waals surface area contributed by atoms with Gasteiger partial charge in [0.1, 0.15) is 12.3 Å². The number of carbonyl (C=O) groups excluding carboxylic acids is 3. The van der Waals surface area contributed by atoms with Gasteiger partial charge in [0.05, 0.1) is 9.38 Å². The lowest BCUT2D eigenvalue weighted by Gasteiger charge is -2.13. The van der Waals surface area contributed by atoms with E-state index in [0.29, 0.717) is 21.6 Å². The Morgan fingerprint density at radius 1 is 1.21 bits per heavy atom. The topological polar surface area (TPSA) is 86.7 Å². The number of aromatic hydroxyl groups is 1. The van der Waals surface area contributed by atoms with E-state index in [-0.39, 0.29) is 17.2 Å². The highest BCUT2D eigenvalue weighted by Gasteiger charge is 2.36. The molecule has 2 aromatic rings. The minimum Gasteiger partial charge on any atom is -0.507 e. The van der Waals surface area contributed by atoms with Crippen molar-refractivity contribution in [2.75, 3.05) is 11.9 Å². The molecular weight excluding hydrogens is 456 g/mol. The molecule has 150 valence electrons. The number of nitrogens with one attached hydrogen (secondary N) is 1. The fourth-order valence-electron chi connectivity index (χ4n) is 2.70. The van der Waals surface area contributed by atoms with Gasteiger partial charge in [-0.3, -0.25) is 19.3 Å². The Hall–Kier alpha value is -2.58. The molecule has 1 aliphatic heterocycles. The molecule has 0 atom stereocenters. The van der Waals surface area contributed by atoms with Crippen LogP contribution in [0.25, 0.3) is 6.08 Å². The van der Waals surface area contributed by atoms with Gasteiger partial charge in [-0.25, -0.2) is 0 Å². The molecule has 0 aliphatic carbocycles. The number of halogens is 1. The van der Waals surface area contributed by atoms with Gasteiger partial charge in [0.15, 0.2) is 0 Å². The van der Waals surface area contributed by atoms with Crippen molar-refractivity contribution in [2.45, 2.75) is 19.8 Å². The molecule has 0 spiro atoms. The molecule has 8 heteroatoms. The molecule has 0 saturated carbocycles. The monoisotopic (exact) mass is 474 g/mol. The molecule has 0 aromatic heterocycles. The number of hydrogen-bond donors (Lipinski definition) is 2. The summed E-state index contributed by atoms with van der Waals surface area (Å²) in [7, 11) is 0. The molecular formula is C21H19BrN2O4S. The Labute approximate surface area is 181 Å². The summed E-state index contributed by atoms with van der Waals surface area (Å²) in [6.07, 6.45) is 1.55. The molecule has 0 bridgehead atoms. The number of anilines is 1. The predicted molar refractivity (Wildman–Crippen MR) is 118 cm³/mol. The Bertz CT molecular complexity index is 1000. The van der Waals surface area contributed by atoms with Crippen LogP contribution in [-0.2, 0) is 9.59 Å². The van der Waals surface area contributed by atoms with Gasteiger partial charge in [0.25, 0.3) is 11.1 Å². The van der Waals surface area contributed by atoms with Crippen LogP contribution in [0.4, 0.5) is 10.5 Å². The lowest BCUT2D eigenvalue weighted by molar-refractivity contribution is -0.127. The second kappa shape index (κ2) is 8.84. The van der Waals surface area contributed by atoms with Gasteiger partial charge in [-0.05, 0) is 75.1 Å². The van der Waals surface area contributed by atoms with Gasteiger partial charge in [-0.15, -0.1) is 0 Å². The van der Waals surface area contributed by atoms with Crippen LogP contribution < -0.4 is 5.32 Å². The molecule has 1 heterocycles. The normalized spacial score (nSPS) is 15.4. The number of benzene rings is 2. The summed E-state index contributed by atoms with van der Waals surface area (Å²) in [4.78, 5) is 38.2. The summed E-state index contributed by atoms with van der Waals surface area (Å²) in [6, 6.07) is 12.2. The summed E-state index contributed by atoms with van der Waals surface area (Å²) in [5.41, 5.74) is 2.41. The summed E-state index contributed by atoms with van der Waals surface area (Å²) in [6.45, 7) is 3.81. The molecule has 3 rings (SSSR count). The minimum absolute atomic E-state index is 0.0772. The maximum Gasteiger partial charge on any atom is 0.294 e. The second-order valence-electron chi connectivity index (χ2n) is 6.80. The van der Waals surface area contributed by atoms with Crippen LogP contribution in [0, 0.1) is 0 Å². The molecule has 0 radical (unpaired) electrons. The first-order valence-corrected chi connectivity index (χ1v) is 10.5. The van der Waals surface area contributed by atoms with Crippen molar-refractivity contribution in [3.8, 4) is 5.75 Å². The highest BCUT2D eigenvalue weighted by molar-refractivity contribution is 9.10. The van der Waals surface area contributed by atoms with E-state index < -0.39 is 17.1 Å². The third-order valence-electron chi connectivity index (χ3n) is 4.31. The van der Waals surface area contributed by atoms with Crippen LogP contribution in [0.2, 0.25) is 0 Å². The van der Waals surface area contributed by atoms with Crippen molar-refractivity contribution in [3.63, 3.8) is 0 Å². The van der Waals surface area contributed by atoms with E-state index in [4.69, 9.17) is 0 Å². The maximum atomic E-state index is 12.6. The Kier molecular flexibility index (Phi) is 6.44. The van der Waals surface area contributed by atoms with E-state index in [9.17, 15) is 19.5 Å². The zero-order valence-electron chi connectivity index (χ0n) is 15.8. The molecule has 1 aliphatic rings. The van der Waals surface area contributed by atoms with E-state index in [1.807, 2.05) is 12.1 Å². The van der Waals surface area contributed by atoms with Crippen LogP contribution in [0.5, 0.6) is 5.75 Å². The van der Waals surface area contributed by atoms with Gasteiger partial charge in [0, 0.05) is 5.69 Å². The van der Waals surface area contributed by atoms with Crippen molar-refractivity contribution >= 4 is 56.5 Å². The summed E-state index contributed by atoms with van der Waals surface area (Å²) < 4.78 is 0.480. The smallest absolute Gasteiger partial charge is 0.294 e. The number of hydrogen-bond acceptors (Lipinski definition) is 5. The molecule has 0 unspecified atom stereocenters. The van der Waals surface area contributed by atoms with Gasteiger partial charge in [-0.2, -0.15) is 0 Å². The number of carbonyl (C=O) groups is 3. The number of nitrogens with zero attached hydrogens (tertiary/aromatic N) is 1. The lowest BCUT2D eigenvalue weighted by Crippen LogP contribution is -2.36. The van der Waals surface area contributed by atoms with Crippen molar-refractivity contribution in [3.05, 3.63) is 63.0 Å². The van der Waals surface area contributed by atoms with Crippen molar-refractivity contribution < 1.29 is 19.5 Å². The van der Waals surface area contributed by atoms with Crippen LogP contribution in [0.15, 0.2) is 51.8 Å². The van der Waals surface area contributed by atoms with Gasteiger partial charge < -0.3 is 10.4 Å². The first-order chi connectivity index (χ1) is 13.7. The third kappa shape index (κ3) is 5.07. The molecule has 2 aromatic carbocycles. The second-order valence-corrected chi connectivity index (χ2v) is 8.65. The molecule has 3 amide bonds. The highest BCUT2D eigenvalue weighted by Crippen LogP contribution is 2.33. The Morgan fingerprint density at radius 3 is 2.52 bits per heavy atom. The summed E-state index contributed by atoms with van der Waals surface area (Å²) >= 11 is 3.99. The van der Waals surface area contributed by atoms with E-state index in [1.165, 1.54) is 6.07 Å². The number of phenols is 1. The van der Waals surface area contributed by atoms with Gasteiger partial charge >= 0.3 is 0 Å². The first kappa shape index (κ1) is 21.1. The minimum atomic E-state index is -0.519.